The third-order valence-corrected chi connectivity index (χ3v) is 4.46. The molecule has 1 amide bonds. The van der Waals surface area contributed by atoms with Crippen LogP contribution in [0.25, 0.3) is 0 Å². The molecule has 1 N–H and O–H groups in total. The molecule has 0 radical (unpaired) electrons. The summed E-state index contributed by atoms with van der Waals surface area (Å²) in [5.74, 6) is 1.21. The Morgan fingerprint density at radius 1 is 1.26 bits per heavy atom. The number of nitrogens with one attached hydrogen (secondary N) is 1. The number of amides is 1. The zero-order valence-corrected chi connectivity index (χ0v) is 15.7. The van der Waals surface area contributed by atoms with E-state index >= 15 is 0 Å². The monoisotopic (exact) mass is 371 g/mol. The molecule has 1 aromatic carbocycles. The van der Waals surface area contributed by atoms with Crippen LogP contribution < -0.4 is 14.8 Å². The van der Waals surface area contributed by atoms with Crippen LogP contribution in [-0.4, -0.2) is 55.8 Å². The molecule has 144 valence electrons. The Bertz CT molecular complexity index is 748. The number of nitrogens with zero attached hydrogens (tertiary/aromatic N) is 2. The van der Waals surface area contributed by atoms with Crippen molar-refractivity contribution in [2.24, 2.45) is 0 Å². The van der Waals surface area contributed by atoms with Crippen LogP contribution in [0.5, 0.6) is 11.5 Å². The van der Waals surface area contributed by atoms with E-state index in [1.807, 2.05) is 30.3 Å². The summed E-state index contributed by atoms with van der Waals surface area (Å²) < 4.78 is 16.6. The van der Waals surface area contributed by atoms with Gasteiger partial charge in [0.15, 0.2) is 11.5 Å². The quantitative estimate of drug-likeness (QED) is 0.797. The molecule has 2 heterocycles. The van der Waals surface area contributed by atoms with Crippen LogP contribution in [0.2, 0.25) is 0 Å². The van der Waals surface area contributed by atoms with Crippen LogP contribution in [0.3, 0.4) is 0 Å². The summed E-state index contributed by atoms with van der Waals surface area (Å²) in [7, 11) is 3.20. The fraction of sp³-hybridized carbons (Fsp3) is 0.400. The molecule has 1 atom stereocenters. The van der Waals surface area contributed by atoms with Crippen molar-refractivity contribution in [1.82, 2.24) is 15.2 Å². The zero-order valence-electron chi connectivity index (χ0n) is 15.7. The molecule has 0 spiro atoms. The highest BCUT2D eigenvalue weighted by Crippen LogP contribution is 2.32. The van der Waals surface area contributed by atoms with Crippen LogP contribution in [-0.2, 0) is 22.6 Å². The van der Waals surface area contributed by atoms with Crippen molar-refractivity contribution in [2.45, 2.75) is 19.2 Å². The Balaban J connectivity index is 1.86. The molecule has 1 saturated heterocycles. The standard InChI is InChI=1S/C20H25N3O4/c1-25-17-7-3-6-16(19(17)26-2)14-23(13-15-5-4-8-21-11-15)20(24)18-12-22-9-10-27-18/h3-8,11,18,22H,9-10,12-14H2,1-2H3/t18-/m0/s1. The smallest absolute Gasteiger partial charge is 0.253 e. The number of benzene rings is 1. The highest BCUT2D eigenvalue weighted by Gasteiger charge is 2.28. The minimum absolute atomic E-state index is 0.0593. The first-order valence-corrected chi connectivity index (χ1v) is 8.92. The fourth-order valence-corrected chi connectivity index (χ4v) is 3.14. The van der Waals surface area contributed by atoms with E-state index in [-0.39, 0.29) is 5.91 Å². The number of morpholine rings is 1. The number of pyridine rings is 1. The lowest BCUT2D eigenvalue weighted by molar-refractivity contribution is -0.146. The molecule has 7 heteroatoms. The lowest BCUT2D eigenvalue weighted by atomic mass is 10.1. The van der Waals surface area contributed by atoms with E-state index in [9.17, 15) is 4.79 Å². The summed E-state index contributed by atoms with van der Waals surface area (Å²) in [4.78, 5) is 19.1. The van der Waals surface area contributed by atoms with Crippen LogP contribution in [0.4, 0.5) is 0 Å². The summed E-state index contributed by atoms with van der Waals surface area (Å²) in [5.41, 5.74) is 1.83. The summed E-state index contributed by atoms with van der Waals surface area (Å²) in [6.07, 6.45) is 2.99. The van der Waals surface area contributed by atoms with Gasteiger partial charge in [0.2, 0.25) is 0 Å². The third-order valence-electron chi connectivity index (χ3n) is 4.46. The fourth-order valence-electron chi connectivity index (χ4n) is 3.14. The second kappa shape index (κ2) is 9.34. The van der Waals surface area contributed by atoms with Crippen LogP contribution in [0, 0.1) is 0 Å². The van der Waals surface area contributed by atoms with Crippen LogP contribution in [0.1, 0.15) is 11.1 Å². The number of hydrogen-bond acceptors (Lipinski definition) is 6. The topological polar surface area (TPSA) is 72.9 Å². The Morgan fingerprint density at radius 2 is 2.15 bits per heavy atom. The summed E-state index contributed by atoms with van der Waals surface area (Å²) in [5, 5.41) is 3.21. The van der Waals surface area contributed by atoms with Gasteiger partial charge in [0, 0.05) is 44.1 Å². The van der Waals surface area contributed by atoms with Gasteiger partial charge in [-0.2, -0.15) is 0 Å². The molecule has 0 bridgehead atoms. The van der Waals surface area contributed by atoms with Gasteiger partial charge in [0.1, 0.15) is 6.10 Å². The van der Waals surface area contributed by atoms with Gasteiger partial charge in [0.05, 0.1) is 20.8 Å². The van der Waals surface area contributed by atoms with Gasteiger partial charge in [-0.25, -0.2) is 0 Å². The highest BCUT2D eigenvalue weighted by molar-refractivity contribution is 5.81. The van der Waals surface area contributed by atoms with Crippen molar-refractivity contribution in [3.63, 3.8) is 0 Å². The van der Waals surface area contributed by atoms with Crippen molar-refractivity contribution in [2.75, 3.05) is 33.9 Å². The molecule has 0 unspecified atom stereocenters. The molecular weight excluding hydrogens is 346 g/mol. The molecule has 1 aliphatic heterocycles. The highest BCUT2D eigenvalue weighted by atomic mass is 16.5. The second-order valence-electron chi connectivity index (χ2n) is 6.27. The van der Waals surface area contributed by atoms with E-state index in [0.717, 1.165) is 17.7 Å². The maximum atomic E-state index is 13.1. The Morgan fingerprint density at radius 3 is 2.81 bits per heavy atom. The van der Waals surface area contributed by atoms with E-state index < -0.39 is 6.10 Å². The maximum Gasteiger partial charge on any atom is 0.253 e. The molecule has 1 aliphatic rings. The predicted octanol–water partition coefficient (Wildman–Crippen LogP) is 1.62. The number of ether oxygens (including phenoxy) is 3. The van der Waals surface area contributed by atoms with Gasteiger partial charge in [-0.05, 0) is 17.7 Å². The number of rotatable bonds is 7. The molecule has 0 aliphatic carbocycles. The van der Waals surface area contributed by atoms with Crippen molar-refractivity contribution in [3.05, 3.63) is 53.9 Å². The van der Waals surface area contributed by atoms with Crippen LogP contribution >= 0.6 is 0 Å². The van der Waals surface area contributed by atoms with Gasteiger partial charge in [-0.15, -0.1) is 0 Å². The minimum Gasteiger partial charge on any atom is -0.493 e. The molecular formula is C20H25N3O4. The molecule has 27 heavy (non-hydrogen) atoms. The lowest BCUT2D eigenvalue weighted by Gasteiger charge is -2.30. The minimum atomic E-state index is -0.493. The normalized spacial score (nSPS) is 16.6. The Kier molecular flexibility index (Phi) is 6.62. The zero-order chi connectivity index (χ0) is 19.1. The van der Waals surface area contributed by atoms with Crippen molar-refractivity contribution >= 4 is 5.91 Å². The number of hydrogen-bond donors (Lipinski definition) is 1. The van der Waals surface area contributed by atoms with Crippen LogP contribution in [0.15, 0.2) is 42.7 Å². The molecule has 0 saturated carbocycles. The molecule has 2 aromatic rings. The SMILES string of the molecule is COc1cccc(CN(Cc2cccnc2)C(=O)[C@@H]2CNCCO2)c1OC. The first kappa shape index (κ1) is 19.1. The van der Waals surface area contributed by atoms with Crippen molar-refractivity contribution in [1.29, 1.82) is 0 Å². The summed E-state index contributed by atoms with van der Waals surface area (Å²) in [6.45, 7) is 2.62. The Labute approximate surface area is 159 Å². The molecule has 1 fully saturated rings. The van der Waals surface area contributed by atoms with Gasteiger partial charge in [-0.1, -0.05) is 18.2 Å². The third kappa shape index (κ3) is 4.75. The first-order valence-electron chi connectivity index (χ1n) is 8.92. The van der Waals surface area contributed by atoms with E-state index in [2.05, 4.69) is 10.3 Å². The summed E-state index contributed by atoms with van der Waals surface area (Å²) >= 11 is 0. The average Bonchev–Trinajstić information content (AvgIpc) is 2.73. The van der Waals surface area contributed by atoms with Gasteiger partial charge < -0.3 is 24.4 Å². The summed E-state index contributed by atoms with van der Waals surface area (Å²) in [6, 6.07) is 9.48. The van der Waals surface area contributed by atoms with Crippen molar-refractivity contribution < 1.29 is 19.0 Å². The number of carbonyl (C=O) groups excluding carboxylic acids is 1. The van der Waals surface area contributed by atoms with Gasteiger partial charge in [0.25, 0.3) is 5.91 Å². The molecule has 3 rings (SSSR count). The molecule has 7 nitrogen and oxygen atoms in total. The number of carbonyl (C=O) groups is 1. The van der Waals surface area contributed by atoms with E-state index in [1.54, 1.807) is 31.5 Å². The number of aromatic nitrogens is 1. The van der Waals surface area contributed by atoms with E-state index in [4.69, 9.17) is 14.2 Å². The first-order chi connectivity index (χ1) is 13.2. The van der Waals surface area contributed by atoms with E-state index in [0.29, 0.717) is 37.7 Å². The number of methoxy groups -OCH3 is 2. The predicted molar refractivity (Wildman–Crippen MR) is 101 cm³/mol. The van der Waals surface area contributed by atoms with Gasteiger partial charge in [-0.3, -0.25) is 9.78 Å². The molecule has 1 aromatic heterocycles. The maximum absolute atomic E-state index is 13.1. The Hall–Kier alpha value is -2.64. The van der Waals surface area contributed by atoms with Crippen molar-refractivity contribution in [3.8, 4) is 11.5 Å². The van der Waals surface area contributed by atoms with Gasteiger partial charge >= 0.3 is 0 Å². The lowest BCUT2D eigenvalue weighted by Crippen LogP contribution is -2.49. The average molecular weight is 371 g/mol. The largest absolute Gasteiger partial charge is 0.493 e. The second-order valence-corrected chi connectivity index (χ2v) is 6.27. The van der Waals surface area contributed by atoms with E-state index in [1.165, 1.54) is 0 Å². The number of para-hydroxylation sites is 1.